The Labute approximate surface area is 150 Å². The SMILES string of the molecule is O=[N+]([O-])c1ccc(-c2csc(N/N=C/c3ccccc3[N+](=O)[O-])n2)cc1. The van der Waals surface area contributed by atoms with Gasteiger partial charge in [0.25, 0.3) is 11.4 Å². The van der Waals surface area contributed by atoms with Crippen LogP contribution in [-0.4, -0.2) is 21.0 Å². The maximum absolute atomic E-state index is 11.0. The number of nitrogens with one attached hydrogen (secondary N) is 1. The molecule has 3 rings (SSSR count). The molecule has 0 saturated carbocycles. The number of nitro benzene ring substituents is 2. The van der Waals surface area contributed by atoms with Gasteiger partial charge in [-0.05, 0) is 18.2 Å². The van der Waals surface area contributed by atoms with Gasteiger partial charge in [-0.2, -0.15) is 5.10 Å². The highest BCUT2D eigenvalue weighted by molar-refractivity contribution is 7.14. The van der Waals surface area contributed by atoms with Crippen molar-refractivity contribution in [3.8, 4) is 11.3 Å². The molecule has 1 aromatic heterocycles. The van der Waals surface area contributed by atoms with Crippen molar-refractivity contribution in [3.63, 3.8) is 0 Å². The molecule has 26 heavy (non-hydrogen) atoms. The average molecular weight is 369 g/mol. The van der Waals surface area contributed by atoms with Gasteiger partial charge in [0, 0.05) is 29.1 Å². The Kier molecular flexibility index (Phi) is 4.94. The van der Waals surface area contributed by atoms with Gasteiger partial charge in [-0.15, -0.1) is 11.3 Å². The number of rotatable bonds is 6. The number of nitro groups is 2. The van der Waals surface area contributed by atoms with Crippen molar-refractivity contribution in [3.05, 3.63) is 79.7 Å². The van der Waals surface area contributed by atoms with Crippen LogP contribution in [0.4, 0.5) is 16.5 Å². The lowest BCUT2D eigenvalue weighted by Crippen LogP contribution is -1.96. The Balaban J connectivity index is 1.71. The Morgan fingerprint density at radius 1 is 1.04 bits per heavy atom. The van der Waals surface area contributed by atoms with Gasteiger partial charge in [-0.1, -0.05) is 12.1 Å². The zero-order valence-corrected chi connectivity index (χ0v) is 13.9. The number of aromatic nitrogens is 1. The lowest BCUT2D eigenvalue weighted by atomic mass is 10.1. The van der Waals surface area contributed by atoms with Crippen LogP contribution in [0.1, 0.15) is 5.56 Å². The number of para-hydroxylation sites is 1. The first kappa shape index (κ1) is 17.2. The average Bonchev–Trinajstić information content (AvgIpc) is 3.11. The monoisotopic (exact) mass is 369 g/mol. The number of non-ortho nitro benzene ring substituents is 1. The van der Waals surface area contributed by atoms with Crippen LogP contribution in [-0.2, 0) is 0 Å². The summed E-state index contributed by atoms with van der Waals surface area (Å²) in [6.45, 7) is 0. The lowest BCUT2D eigenvalue weighted by Gasteiger charge is -1.97. The molecule has 0 bridgehead atoms. The molecule has 0 fully saturated rings. The number of benzene rings is 2. The van der Waals surface area contributed by atoms with Crippen LogP contribution in [0.5, 0.6) is 0 Å². The van der Waals surface area contributed by atoms with Crippen molar-refractivity contribution < 1.29 is 9.85 Å². The third kappa shape index (κ3) is 3.87. The Morgan fingerprint density at radius 2 is 1.77 bits per heavy atom. The molecule has 0 radical (unpaired) electrons. The quantitative estimate of drug-likeness (QED) is 0.397. The topological polar surface area (TPSA) is 124 Å². The zero-order valence-electron chi connectivity index (χ0n) is 13.1. The van der Waals surface area contributed by atoms with Crippen LogP contribution in [0.25, 0.3) is 11.3 Å². The summed E-state index contributed by atoms with van der Waals surface area (Å²) in [7, 11) is 0. The third-order valence-corrected chi connectivity index (χ3v) is 4.12. The maximum atomic E-state index is 11.0. The summed E-state index contributed by atoms with van der Waals surface area (Å²) in [4.78, 5) is 25.0. The van der Waals surface area contributed by atoms with Gasteiger partial charge >= 0.3 is 0 Å². The maximum Gasteiger partial charge on any atom is 0.278 e. The molecule has 3 aromatic rings. The zero-order chi connectivity index (χ0) is 18.5. The molecular weight excluding hydrogens is 358 g/mol. The van der Waals surface area contributed by atoms with E-state index in [1.165, 1.54) is 35.8 Å². The predicted octanol–water partition coefficient (Wildman–Crippen LogP) is 4.07. The highest BCUT2D eigenvalue weighted by Crippen LogP contribution is 2.26. The minimum Gasteiger partial charge on any atom is -0.258 e. The van der Waals surface area contributed by atoms with Crippen LogP contribution in [0.3, 0.4) is 0 Å². The molecule has 9 nitrogen and oxygen atoms in total. The summed E-state index contributed by atoms with van der Waals surface area (Å²) < 4.78 is 0. The molecule has 0 spiro atoms. The second-order valence-electron chi connectivity index (χ2n) is 5.03. The van der Waals surface area contributed by atoms with E-state index in [1.807, 2.05) is 0 Å². The van der Waals surface area contributed by atoms with Gasteiger partial charge in [-0.3, -0.25) is 25.7 Å². The summed E-state index contributed by atoms with van der Waals surface area (Å²) in [6, 6.07) is 12.3. The number of hydrazone groups is 1. The molecule has 0 aliphatic carbocycles. The molecule has 0 amide bonds. The first-order valence-corrected chi connectivity index (χ1v) is 8.15. The van der Waals surface area contributed by atoms with Crippen molar-refractivity contribution in [2.75, 3.05) is 5.43 Å². The van der Waals surface area contributed by atoms with Gasteiger partial charge in [0.2, 0.25) is 5.13 Å². The summed E-state index contributed by atoms with van der Waals surface area (Å²) in [5.74, 6) is 0. The smallest absolute Gasteiger partial charge is 0.258 e. The van der Waals surface area contributed by atoms with Crippen molar-refractivity contribution in [1.82, 2.24) is 4.98 Å². The van der Waals surface area contributed by atoms with E-state index in [4.69, 9.17) is 0 Å². The molecule has 2 aromatic carbocycles. The standard InChI is InChI=1S/C16H11N5O4S/c22-20(23)13-7-5-11(6-8-13)14-10-26-16(18-14)19-17-9-12-3-1-2-4-15(12)21(24)25/h1-10H,(H,18,19)/b17-9+. The molecule has 0 atom stereocenters. The summed E-state index contributed by atoms with van der Waals surface area (Å²) in [6.07, 6.45) is 1.35. The van der Waals surface area contributed by atoms with Gasteiger partial charge in [0.05, 0.1) is 27.3 Å². The van der Waals surface area contributed by atoms with Crippen LogP contribution >= 0.6 is 11.3 Å². The van der Waals surface area contributed by atoms with Gasteiger partial charge in [0.15, 0.2) is 0 Å². The van der Waals surface area contributed by atoms with Gasteiger partial charge < -0.3 is 0 Å². The fourth-order valence-corrected chi connectivity index (χ4v) is 2.80. The second kappa shape index (κ2) is 7.49. The van der Waals surface area contributed by atoms with Crippen LogP contribution in [0.15, 0.2) is 59.0 Å². The third-order valence-electron chi connectivity index (χ3n) is 3.38. The summed E-state index contributed by atoms with van der Waals surface area (Å²) >= 11 is 1.30. The van der Waals surface area contributed by atoms with Gasteiger partial charge in [-0.25, -0.2) is 4.98 Å². The van der Waals surface area contributed by atoms with E-state index in [-0.39, 0.29) is 11.4 Å². The molecule has 1 heterocycles. The normalized spacial score (nSPS) is 10.8. The van der Waals surface area contributed by atoms with E-state index in [2.05, 4.69) is 15.5 Å². The molecular formula is C16H11N5O4S. The fourth-order valence-electron chi connectivity index (χ4n) is 2.13. The molecule has 1 N–H and O–H groups in total. The van der Waals surface area contributed by atoms with E-state index in [0.29, 0.717) is 16.4 Å². The van der Waals surface area contributed by atoms with E-state index in [0.717, 1.165) is 5.56 Å². The second-order valence-corrected chi connectivity index (χ2v) is 5.89. The Hall–Kier alpha value is -3.66. The number of nitrogens with zero attached hydrogens (tertiary/aromatic N) is 4. The van der Waals surface area contributed by atoms with Crippen molar-refractivity contribution in [1.29, 1.82) is 0 Å². The predicted molar refractivity (Wildman–Crippen MR) is 98.5 cm³/mol. The molecule has 10 heteroatoms. The number of thiazole rings is 1. The number of hydrogen-bond donors (Lipinski definition) is 1. The first-order chi connectivity index (χ1) is 12.5. The summed E-state index contributed by atoms with van der Waals surface area (Å²) in [5, 5.41) is 27.9. The molecule has 0 aliphatic rings. The largest absolute Gasteiger partial charge is 0.278 e. The number of hydrogen-bond acceptors (Lipinski definition) is 8. The van der Waals surface area contributed by atoms with Gasteiger partial charge in [0.1, 0.15) is 0 Å². The van der Waals surface area contributed by atoms with E-state index in [9.17, 15) is 20.2 Å². The summed E-state index contributed by atoms with van der Waals surface area (Å²) in [5.41, 5.74) is 4.45. The van der Waals surface area contributed by atoms with Crippen LogP contribution < -0.4 is 5.43 Å². The van der Waals surface area contributed by atoms with Crippen LogP contribution in [0, 0.1) is 20.2 Å². The van der Waals surface area contributed by atoms with E-state index < -0.39 is 9.85 Å². The molecule has 0 saturated heterocycles. The highest BCUT2D eigenvalue weighted by atomic mass is 32.1. The number of anilines is 1. The van der Waals surface area contributed by atoms with Crippen molar-refractivity contribution >= 4 is 34.1 Å². The van der Waals surface area contributed by atoms with Crippen molar-refractivity contribution in [2.45, 2.75) is 0 Å². The Bertz CT molecular complexity index is 984. The van der Waals surface area contributed by atoms with Crippen molar-refractivity contribution in [2.24, 2.45) is 5.10 Å². The van der Waals surface area contributed by atoms with E-state index >= 15 is 0 Å². The fraction of sp³-hybridized carbons (Fsp3) is 0. The lowest BCUT2D eigenvalue weighted by molar-refractivity contribution is -0.385. The molecule has 0 unspecified atom stereocenters. The Morgan fingerprint density at radius 3 is 2.46 bits per heavy atom. The first-order valence-electron chi connectivity index (χ1n) is 7.27. The minimum atomic E-state index is -0.475. The van der Waals surface area contributed by atoms with Crippen LogP contribution in [0.2, 0.25) is 0 Å². The minimum absolute atomic E-state index is 0.0105. The molecule has 130 valence electrons. The van der Waals surface area contributed by atoms with E-state index in [1.54, 1.807) is 35.7 Å². The molecule has 0 aliphatic heterocycles. The highest BCUT2D eigenvalue weighted by Gasteiger charge is 2.10.